The third kappa shape index (κ3) is 3.33. The van der Waals surface area contributed by atoms with E-state index in [0.717, 1.165) is 24.3 Å². The van der Waals surface area contributed by atoms with E-state index < -0.39 is 0 Å². The monoisotopic (exact) mass is 360 g/mol. The van der Waals surface area contributed by atoms with E-state index >= 15 is 0 Å². The number of anilines is 3. The predicted octanol–water partition coefficient (Wildman–Crippen LogP) is 3.74. The highest BCUT2D eigenvalue weighted by Crippen LogP contribution is 2.32. The lowest BCUT2D eigenvalue weighted by Gasteiger charge is -2.18. The van der Waals surface area contributed by atoms with Crippen molar-refractivity contribution in [1.29, 1.82) is 0 Å². The van der Waals surface area contributed by atoms with Crippen molar-refractivity contribution in [2.75, 3.05) is 23.9 Å². The second-order valence-corrected chi connectivity index (χ2v) is 6.38. The van der Waals surface area contributed by atoms with Gasteiger partial charge in [-0.3, -0.25) is 4.79 Å². The summed E-state index contributed by atoms with van der Waals surface area (Å²) in [5.74, 6) is 0.856. The molecular weight excluding hydrogens is 340 g/mol. The van der Waals surface area contributed by atoms with E-state index in [-0.39, 0.29) is 5.91 Å². The molecule has 0 radical (unpaired) electrons. The number of amides is 1. The normalized spacial score (nSPS) is 12.6. The number of fused-ring (bicyclic) bond motifs is 1. The second kappa shape index (κ2) is 7.07. The number of nitrogens with one attached hydrogen (secondary N) is 1. The highest BCUT2D eigenvalue weighted by atomic mass is 16.5. The van der Waals surface area contributed by atoms with E-state index in [1.807, 2.05) is 31.2 Å². The topological polar surface area (TPSA) is 67.3 Å². The van der Waals surface area contributed by atoms with Crippen molar-refractivity contribution in [3.8, 4) is 5.75 Å². The number of hydrogen-bond donors (Lipinski definition) is 1. The molecule has 1 amide bonds. The molecule has 0 fully saturated rings. The molecule has 0 unspecified atom stereocenters. The van der Waals surface area contributed by atoms with Gasteiger partial charge in [-0.2, -0.15) is 0 Å². The van der Waals surface area contributed by atoms with Gasteiger partial charge >= 0.3 is 0 Å². The van der Waals surface area contributed by atoms with Gasteiger partial charge in [0.15, 0.2) is 0 Å². The number of benzene rings is 2. The Labute approximate surface area is 157 Å². The van der Waals surface area contributed by atoms with Gasteiger partial charge in [0.2, 0.25) is 5.95 Å². The van der Waals surface area contributed by atoms with E-state index in [4.69, 9.17) is 4.74 Å². The Bertz CT molecular complexity index is 1000. The lowest BCUT2D eigenvalue weighted by atomic mass is 10.2. The smallest absolute Gasteiger partial charge is 0.274 e. The molecule has 0 saturated carbocycles. The van der Waals surface area contributed by atoms with Crippen LogP contribution in [0.15, 0.2) is 54.6 Å². The highest BCUT2D eigenvalue weighted by Gasteiger charge is 2.23. The van der Waals surface area contributed by atoms with Gasteiger partial charge in [0, 0.05) is 17.9 Å². The third-order valence-corrected chi connectivity index (χ3v) is 4.56. The Hall–Kier alpha value is -3.41. The predicted molar refractivity (Wildman–Crippen MR) is 105 cm³/mol. The van der Waals surface area contributed by atoms with E-state index in [1.54, 1.807) is 25.3 Å². The van der Waals surface area contributed by atoms with Crippen molar-refractivity contribution in [2.45, 2.75) is 13.3 Å². The molecular formula is C21H20N4O2. The van der Waals surface area contributed by atoms with Gasteiger partial charge in [-0.05, 0) is 43.2 Å². The zero-order valence-electron chi connectivity index (χ0n) is 15.3. The maximum absolute atomic E-state index is 12.8. The summed E-state index contributed by atoms with van der Waals surface area (Å²) in [4.78, 5) is 23.9. The minimum Gasteiger partial charge on any atom is -0.495 e. The molecule has 3 aromatic rings. The van der Waals surface area contributed by atoms with Crippen LogP contribution in [0.3, 0.4) is 0 Å². The average Bonchev–Trinajstić information content (AvgIpc) is 3.12. The number of aryl methyl sites for hydroxylation is 1. The molecule has 6 heteroatoms. The number of aromatic nitrogens is 2. The molecule has 0 saturated heterocycles. The molecule has 1 aliphatic heterocycles. The van der Waals surface area contributed by atoms with Crippen LogP contribution in [0, 0.1) is 6.92 Å². The third-order valence-electron chi connectivity index (χ3n) is 4.56. The summed E-state index contributed by atoms with van der Waals surface area (Å²) in [5, 5.41) is 2.87. The van der Waals surface area contributed by atoms with Gasteiger partial charge in [-0.15, -0.1) is 0 Å². The summed E-state index contributed by atoms with van der Waals surface area (Å²) in [5.41, 5.74) is 4.04. The van der Waals surface area contributed by atoms with Crippen LogP contribution < -0.4 is 15.0 Å². The zero-order chi connectivity index (χ0) is 18.8. The number of para-hydroxylation sites is 3. The molecule has 0 bridgehead atoms. The van der Waals surface area contributed by atoms with Crippen molar-refractivity contribution >= 4 is 23.2 Å². The first-order valence-electron chi connectivity index (χ1n) is 8.81. The van der Waals surface area contributed by atoms with Crippen LogP contribution in [0.1, 0.15) is 21.7 Å². The fraction of sp³-hybridized carbons (Fsp3) is 0.190. The number of carbonyl (C=O) groups excluding carboxylic acids is 1. The minimum atomic E-state index is -0.293. The van der Waals surface area contributed by atoms with Crippen molar-refractivity contribution in [2.24, 2.45) is 0 Å². The molecule has 0 atom stereocenters. The maximum atomic E-state index is 12.8. The SMILES string of the molecule is COc1ccccc1NC(=O)c1cc(C)nc(N2CCc3ccccc32)n1. The lowest BCUT2D eigenvalue weighted by Crippen LogP contribution is -2.21. The van der Waals surface area contributed by atoms with E-state index in [1.165, 1.54) is 5.56 Å². The Morgan fingerprint density at radius 1 is 1.11 bits per heavy atom. The largest absolute Gasteiger partial charge is 0.495 e. The summed E-state index contributed by atoms with van der Waals surface area (Å²) < 4.78 is 5.29. The van der Waals surface area contributed by atoms with Gasteiger partial charge < -0.3 is 15.0 Å². The van der Waals surface area contributed by atoms with E-state index in [9.17, 15) is 4.79 Å². The quantitative estimate of drug-likeness (QED) is 0.768. The van der Waals surface area contributed by atoms with E-state index in [2.05, 4.69) is 32.3 Å². The number of methoxy groups -OCH3 is 1. The Morgan fingerprint density at radius 3 is 2.74 bits per heavy atom. The highest BCUT2D eigenvalue weighted by molar-refractivity contribution is 6.04. The Kier molecular flexibility index (Phi) is 4.46. The number of rotatable bonds is 4. The minimum absolute atomic E-state index is 0.293. The van der Waals surface area contributed by atoms with Gasteiger partial charge in [-0.25, -0.2) is 9.97 Å². The summed E-state index contributed by atoms with van der Waals surface area (Å²) in [7, 11) is 1.57. The lowest BCUT2D eigenvalue weighted by molar-refractivity contribution is 0.102. The number of carbonyl (C=O) groups is 1. The molecule has 2 aromatic carbocycles. The molecule has 1 aromatic heterocycles. The van der Waals surface area contributed by atoms with Crippen molar-refractivity contribution in [3.63, 3.8) is 0 Å². The van der Waals surface area contributed by atoms with Gasteiger partial charge in [0.1, 0.15) is 11.4 Å². The molecule has 4 rings (SSSR count). The van der Waals surface area contributed by atoms with Crippen molar-refractivity contribution < 1.29 is 9.53 Å². The van der Waals surface area contributed by atoms with Crippen molar-refractivity contribution in [3.05, 3.63) is 71.5 Å². The second-order valence-electron chi connectivity index (χ2n) is 6.38. The van der Waals surface area contributed by atoms with Crippen molar-refractivity contribution in [1.82, 2.24) is 9.97 Å². The van der Waals surface area contributed by atoms with E-state index in [0.29, 0.717) is 23.1 Å². The van der Waals surface area contributed by atoms with Crippen LogP contribution in [0.4, 0.5) is 17.3 Å². The number of ether oxygens (including phenoxy) is 1. The molecule has 2 heterocycles. The van der Waals surface area contributed by atoms with Crippen LogP contribution in [-0.2, 0) is 6.42 Å². The Morgan fingerprint density at radius 2 is 1.89 bits per heavy atom. The summed E-state index contributed by atoms with van der Waals surface area (Å²) in [6, 6.07) is 17.2. The van der Waals surface area contributed by atoms with Gasteiger partial charge in [0.25, 0.3) is 5.91 Å². The molecule has 1 aliphatic rings. The number of hydrogen-bond acceptors (Lipinski definition) is 5. The maximum Gasteiger partial charge on any atom is 0.274 e. The first-order chi connectivity index (χ1) is 13.2. The fourth-order valence-electron chi connectivity index (χ4n) is 3.27. The molecule has 136 valence electrons. The van der Waals surface area contributed by atoms with Crippen LogP contribution in [0.2, 0.25) is 0 Å². The van der Waals surface area contributed by atoms with Crippen LogP contribution in [-0.4, -0.2) is 29.5 Å². The van der Waals surface area contributed by atoms with Crippen LogP contribution in [0.25, 0.3) is 0 Å². The molecule has 0 aliphatic carbocycles. The standard InChI is InChI=1S/C21H20N4O2/c1-14-13-17(20(26)23-16-8-4-6-10-19(16)27-2)24-21(22-14)25-12-11-15-7-3-5-9-18(15)25/h3-10,13H,11-12H2,1-2H3,(H,23,26). The Balaban J connectivity index is 1.64. The molecule has 6 nitrogen and oxygen atoms in total. The molecule has 27 heavy (non-hydrogen) atoms. The van der Waals surface area contributed by atoms with Crippen LogP contribution >= 0.6 is 0 Å². The molecule has 1 N–H and O–H groups in total. The molecule has 0 spiro atoms. The summed E-state index contributed by atoms with van der Waals surface area (Å²) in [6.07, 6.45) is 0.941. The summed E-state index contributed by atoms with van der Waals surface area (Å²) >= 11 is 0. The first kappa shape index (κ1) is 17.0. The van der Waals surface area contributed by atoms with Gasteiger partial charge in [0.05, 0.1) is 12.8 Å². The fourth-order valence-corrected chi connectivity index (χ4v) is 3.27. The first-order valence-corrected chi connectivity index (χ1v) is 8.81. The summed E-state index contributed by atoms with van der Waals surface area (Å²) in [6.45, 7) is 2.67. The zero-order valence-corrected chi connectivity index (χ0v) is 15.3. The van der Waals surface area contributed by atoms with Gasteiger partial charge in [-0.1, -0.05) is 30.3 Å². The average molecular weight is 360 g/mol. The van der Waals surface area contributed by atoms with Crippen LogP contribution in [0.5, 0.6) is 5.75 Å². The number of nitrogens with zero attached hydrogens (tertiary/aromatic N) is 3.